The molecule has 0 atom stereocenters. The molecule has 0 aromatic rings. The van der Waals surface area contributed by atoms with E-state index >= 15 is 0 Å². The first-order valence-corrected chi connectivity index (χ1v) is 2.28. The zero-order valence-corrected chi connectivity index (χ0v) is 7.65. The smallest absolute Gasteiger partial charge is 0.413 e. The molecular formula is C5H11OY+2. The van der Waals surface area contributed by atoms with Gasteiger partial charge in [-0.2, -0.15) is 0 Å². The van der Waals surface area contributed by atoms with E-state index in [4.69, 9.17) is 4.74 Å². The number of hydrogen-bond acceptors (Lipinski definition) is 1. The molecule has 0 radical (unpaired) electrons. The van der Waals surface area contributed by atoms with Gasteiger partial charge in [-0.3, -0.25) is 0 Å². The zero-order chi connectivity index (χ0) is 4.83. The Morgan fingerprint density at radius 3 is 2.29 bits per heavy atom. The molecule has 0 spiro atoms. The summed E-state index contributed by atoms with van der Waals surface area (Å²) in [7, 11) is 0. The minimum Gasteiger partial charge on any atom is -0.413 e. The molecule has 0 N–H and O–H groups in total. The second kappa shape index (κ2) is 10.1. The van der Waals surface area contributed by atoms with Crippen LogP contribution in [0.4, 0.5) is 0 Å². The molecule has 0 fully saturated rings. The Morgan fingerprint density at radius 1 is 1.57 bits per heavy atom. The third-order valence-corrected chi connectivity index (χ3v) is 0.493. The van der Waals surface area contributed by atoms with Gasteiger partial charge in [-0.25, -0.2) is 0 Å². The van der Waals surface area contributed by atoms with Crippen LogP contribution in [0.15, 0.2) is 0 Å². The predicted molar refractivity (Wildman–Crippen MR) is 26.5 cm³/mol. The topological polar surface area (TPSA) is 9.23 Å². The van der Waals surface area contributed by atoms with E-state index < -0.39 is 0 Å². The van der Waals surface area contributed by atoms with Crippen LogP contribution in [0.3, 0.4) is 0 Å². The number of ether oxygens (including phenoxy) is 1. The summed E-state index contributed by atoms with van der Waals surface area (Å²) in [6.07, 6.45) is 1.09. The van der Waals surface area contributed by atoms with Gasteiger partial charge in [0.25, 0.3) is 0 Å². The Morgan fingerprint density at radius 2 is 2.14 bits per heavy atom. The molecule has 0 aliphatic carbocycles. The number of rotatable bonds is 3. The van der Waals surface area contributed by atoms with E-state index in [0.717, 1.165) is 13.0 Å². The predicted octanol–water partition coefficient (Wildman–Crippen LogP) is 1.24. The summed E-state index contributed by atoms with van der Waals surface area (Å²) >= 11 is 0. The maximum Gasteiger partial charge on any atom is 3.00 e. The maximum absolute atomic E-state index is 4.87. The van der Waals surface area contributed by atoms with Crippen molar-refractivity contribution in [3.05, 3.63) is 6.92 Å². The molecule has 0 aliphatic heterocycles. The minimum absolute atomic E-state index is 0. The van der Waals surface area contributed by atoms with E-state index in [9.17, 15) is 0 Å². The standard InChI is InChI=1S/C5H11O.Y/c1-3-5-6-4-2;/h2-5H2,1H3;/q-1;+3. The molecule has 0 saturated heterocycles. The van der Waals surface area contributed by atoms with E-state index in [1.807, 2.05) is 0 Å². The van der Waals surface area contributed by atoms with Crippen LogP contribution in [-0.2, 0) is 37.4 Å². The molecule has 0 saturated carbocycles. The largest absolute Gasteiger partial charge is 3.00 e. The summed E-state index contributed by atoms with van der Waals surface area (Å²) in [4.78, 5) is 0. The van der Waals surface area contributed by atoms with Gasteiger partial charge in [-0.1, -0.05) is 13.5 Å². The average Bonchev–Trinajstić information content (AvgIpc) is 1.61. The molecular weight excluding hydrogens is 165 g/mol. The molecule has 0 aromatic carbocycles. The van der Waals surface area contributed by atoms with Crippen molar-refractivity contribution in [1.82, 2.24) is 0 Å². The maximum atomic E-state index is 4.87. The van der Waals surface area contributed by atoms with Crippen molar-refractivity contribution in [2.24, 2.45) is 0 Å². The second-order valence-electron chi connectivity index (χ2n) is 1.11. The Kier molecular flexibility index (Phi) is 15.8. The summed E-state index contributed by atoms with van der Waals surface area (Å²) in [6.45, 7) is 7.04. The molecule has 0 amide bonds. The van der Waals surface area contributed by atoms with Crippen LogP contribution < -0.4 is 0 Å². The normalized spacial score (nSPS) is 7.71. The van der Waals surface area contributed by atoms with Gasteiger partial charge in [0.05, 0.1) is 0 Å². The molecule has 0 aliphatic rings. The van der Waals surface area contributed by atoms with Crippen LogP contribution in [0.5, 0.6) is 0 Å². The summed E-state index contributed by atoms with van der Waals surface area (Å²) in [5.41, 5.74) is 0. The molecule has 0 bridgehead atoms. The van der Waals surface area contributed by atoms with Crippen molar-refractivity contribution >= 4 is 0 Å². The van der Waals surface area contributed by atoms with Gasteiger partial charge in [-0.15, -0.1) is 0 Å². The van der Waals surface area contributed by atoms with Gasteiger partial charge in [0.15, 0.2) is 0 Å². The van der Waals surface area contributed by atoms with Crippen molar-refractivity contribution in [3.63, 3.8) is 0 Å². The van der Waals surface area contributed by atoms with Crippen molar-refractivity contribution in [3.8, 4) is 0 Å². The third kappa shape index (κ3) is 11.0. The molecule has 0 rings (SSSR count). The van der Waals surface area contributed by atoms with Crippen LogP contribution >= 0.6 is 0 Å². The van der Waals surface area contributed by atoms with Gasteiger partial charge in [0.2, 0.25) is 0 Å². The Bertz CT molecular complexity index is 20.0. The van der Waals surface area contributed by atoms with Crippen LogP contribution in [-0.4, -0.2) is 13.2 Å². The molecule has 0 unspecified atom stereocenters. The first-order valence-electron chi connectivity index (χ1n) is 2.28. The molecule has 0 heterocycles. The van der Waals surface area contributed by atoms with Crippen LogP contribution in [0, 0.1) is 6.92 Å². The van der Waals surface area contributed by atoms with Gasteiger partial charge in [-0.05, 0) is 6.42 Å². The summed E-state index contributed by atoms with van der Waals surface area (Å²) < 4.78 is 4.87. The number of hydrogen-bond donors (Lipinski definition) is 0. The first kappa shape index (κ1) is 10.9. The molecule has 7 heavy (non-hydrogen) atoms. The fourth-order valence-corrected chi connectivity index (χ4v) is 0.246. The summed E-state index contributed by atoms with van der Waals surface area (Å²) in [5.74, 6) is 0. The van der Waals surface area contributed by atoms with Gasteiger partial charge in [0, 0.05) is 6.61 Å². The van der Waals surface area contributed by atoms with Gasteiger partial charge < -0.3 is 11.7 Å². The van der Waals surface area contributed by atoms with Crippen molar-refractivity contribution in [2.75, 3.05) is 13.2 Å². The fraction of sp³-hybridized carbons (Fsp3) is 0.800. The van der Waals surface area contributed by atoms with Gasteiger partial charge in [0.1, 0.15) is 0 Å². The van der Waals surface area contributed by atoms with Crippen molar-refractivity contribution < 1.29 is 37.4 Å². The Labute approximate surface area is 70.7 Å². The monoisotopic (exact) mass is 176 g/mol. The van der Waals surface area contributed by atoms with Crippen LogP contribution in [0.2, 0.25) is 0 Å². The summed E-state index contributed by atoms with van der Waals surface area (Å²) in [6, 6.07) is 0. The van der Waals surface area contributed by atoms with Crippen LogP contribution in [0.1, 0.15) is 13.3 Å². The quantitative estimate of drug-likeness (QED) is 0.464. The molecule has 0 aromatic heterocycles. The SMILES string of the molecule is [CH2-]COCCC.[Y+3]. The van der Waals surface area contributed by atoms with E-state index in [-0.39, 0.29) is 32.7 Å². The third-order valence-electron chi connectivity index (χ3n) is 0.493. The van der Waals surface area contributed by atoms with Gasteiger partial charge >= 0.3 is 32.7 Å². The first-order chi connectivity index (χ1) is 2.91. The molecule has 2 heteroatoms. The van der Waals surface area contributed by atoms with E-state index in [2.05, 4.69) is 13.8 Å². The van der Waals surface area contributed by atoms with E-state index in [1.165, 1.54) is 0 Å². The average molecular weight is 176 g/mol. The van der Waals surface area contributed by atoms with E-state index in [1.54, 1.807) is 0 Å². The Balaban J connectivity index is 0. The minimum atomic E-state index is 0. The fourth-order valence-electron chi connectivity index (χ4n) is 0.246. The van der Waals surface area contributed by atoms with Crippen LogP contribution in [0.25, 0.3) is 0 Å². The molecule has 38 valence electrons. The second-order valence-corrected chi connectivity index (χ2v) is 1.11. The van der Waals surface area contributed by atoms with Crippen molar-refractivity contribution in [1.29, 1.82) is 0 Å². The van der Waals surface area contributed by atoms with E-state index in [0.29, 0.717) is 6.61 Å². The molecule has 1 nitrogen and oxygen atoms in total. The zero-order valence-electron chi connectivity index (χ0n) is 4.81. The summed E-state index contributed by atoms with van der Waals surface area (Å²) in [5, 5.41) is 0. The van der Waals surface area contributed by atoms with Crippen molar-refractivity contribution in [2.45, 2.75) is 13.3 Å². The Hall–Kier alpha value is 1.06.